The smallest absolute Gasteiger partial charge is 0.217 e. The normalized spacial score (nSPS) is 19.9. The van der Waals surface area contributed by atoms with Gasteiger partial charge in [0.1, 0.15) is 12.7 Å². The number of hydrogen-bond acceptors (Lipinski definition) is 2. The molecule has 33 heavy (non-hydrogen) atoms. The van der Waals surface area contributed by atoms with Crippen LogP contribution in [0.1, 0.15) is 130 Å². The SMILES string of the molecule is CCCCCCCCCCCCCCCC/C=C/CCC1NC=C[N+]1(CC)CCNC(C)=O. The molecular weight excluding hydrogens is 406 g/mol. The van der Waals surface area contributed by atoms with Crippen molar-refractivity contribution in [2.24, 2.45) is 0 Å². The van der Waals surface area contributed by atoms with Crippen LogP contribution in [0.3, 0.4) is 0 Å². The molecule has 1 aliphatic rings. The fourth-order valence-corrected chi connectivity index (χ4v) is 5.00. The molecule has 0 aliphatic carbocycles. The fraction of sp³-hybridized carbons (Fsp3) is 0.828. The predicted molar refractivity (Wildman–Crippen MR) is 144 cm³/mol. The van der Waals surface area contributed by atoms with Crippen LogP contribution in [0.2, 0.25) is 0 Å². The zero-order chi connectivity index (χ0) is 24.0. The van der Waals surface area contributed by atoms with Gasteiger partial charge in [-0.3, -0.25) is 9.28 Å². The molecule has 0 bridgehead atoms. The Kier molecular flexibility index (Phi) is 18.1. The number of quaternary nitrogens is 1. The van der Waals surface area contributed by atoms with Crippen molar-refractivity contribution in [2.75, 3.05) is 19.6 Å². The van der Waals surface area contributed by atoms with E-state index in [1.807, 2.05) is 0 Å². The van der Waals surface area contributed by atoms with E-state index in [4.69, 9.17) is 0 Å². The molecule has 0 fully saturated rings. The van der Waals surface area contributed by atoms with Gasteiger partial charge >= 0.3 is 0 Å². The lowest BCUT2D eigenvalue weighted by Crippen LogP contribution is -2.55. The van der Waals surface area contributed by atoms with Crippen LogP contribution in [-0.4, -0.2) is 36.2 Å². The third kappa shape index (κ3) is 14.6. The zero-order valence-electron chi connectivity index (χ0n) is 22.4. The van der Waals surface area contributed by atoms with E-state index < -0.39 is 0 Å². The summed E-state index contributed by atoms with van der Waals surface area (Å²) in [5, 5.41) is 6.49. The minimum absolute atomic E-state index is 0.0587. The highest BCUT2D eigenvalue weighted by Crippen LogP contribution is 2.22. The van der Waals surface area contributed by atoms with Crippen molar-refractivity contribution >= 4 is 5.91 Å². The first-order valence-corrected chi connectivity index (χ1v) is 14.3. The number of allylic oxidation sites excluding steroid dienone is 2. The second-order valence-corrected chi connectivity index (χ2v) is 10.1. The molecule has 2 unspecified atom stereocenters. The van der Waals surface area contributed by atoms with Gasteiger partial charge in [-0.15, -0.1) is 0 Å². The number of rotatable bonds is 22. The summed E-state index contributed by atoms with van der Waals surface area (Å²) in [6.07, 6.45) is 33.0. The summed E-state index contributed by atoms with van der Waals surface area (Å²) in [5.41, 5.74) is 0. The maximum atomic E-state index is 11.2. The van der Waals surface area contributed by atoms with E-state index >= 15 is 0 Å². The van der Waals surface area contributed by atoms with Gasteiger partial charge in [-0.05, 0) is 26.2 Å². The molecule has 0 aromatic rings. The van der Waals surface area contributed by atoms with Crippen molar-refractivity contribution in [2.45, 2.75) is 136 Å². The van der Waals surface area contributed by atoms with Crippen molar-refractivity contribution in [1.29, 1.82) is 0 Å². The van der Waals surface area contributed by atoms with Crippen LogP contribution >= 0.6 is 0 Å². The Labute approximate surface area is 206 Å². The summed E-state index contributed by atoms with van der Waals surface area (Å²) in [6, 6.07) is 0. The average molecular weight is 463 g/mol. The quantitative estimate of drug-likeness (QED) is 0.0989. The standard InChI is InChI=1S/C29H55N3O/c1-4-6-7-8-9-10-11-12-13-14-15-16-17-18-19-20-21-22-23-29-31-25-27-32(29,5-2)26-24-30-28(3)33/h20-21,25,27,29,31H,4-19,22-24,26H2,1-3H3/p+1/b21-20+. The molecule has 1 aliphatic heterocycles. The number of carbonyl (C=O) groups is 1. The summed E-state index contributed by atoms with van der Waals surface area (Å²) >= 11 is 0. The Hall–Kier alpha value is -1.29. The van der Waals surface area contributed by atoms with Crippen molar-refractivity contribution in [1.82, 2.24) is 10.6 Å². The van der Waals surface area contributed by atoms with Crippen LogP contribution in [0.5, 0.6) is 0 Å². The molecule has 4 heteroatoms. The third-order valence-corrected chi connectivity index (χ3v) is 7.27. The Morgan fingerprint density at radius 2 is 1.39 bits per heavy atom. The molecule has 0 radical (unpaired) electrons. The lowest BCUT2D eigenvalue weighted by atomic mass is 10.0. The number of nitrogens with one attached hydrogen (secondary N) is 2. The maximum absolute atomic E-state index is 11.2. The van der Waals surface area contributed by atoms with E-state index in [0.717, 1.165) is 37.0 Å². The zero-order valence-corrected chi connectivity index (χ0v) is 22.4. The summed E-state index contributed by atoms with van der Waals surface area (Å²) < 4.78 is 0.924. The van der Waals surface area contributed by atoms with Crippen molar-refractivity contribution in [3.05, 3.63) is 24.6 Å². The Morgan fingerprint density at radius 3 is 1.94 bits per heavy atom. The van der Waals surface area contributed by atoms with Crippen LogP contribution in [0.4, 0.5) is 0 Å². The first kappa shape index (κ1) is 29.7. The molecule has 0 saturated heterocycles. The van der Waals surface area contributed by atoms with E-state index in [2.05, 4.69) is 49.0 Å². The third-order valence-electron chi connectivity index (χ3n) is 7.27. The Balaban J connectivity index is 1.95. The van der Waals surface area contributed by atoms with Crippen LogP contribution in [-0.2, 0) is 4.79 Å². The van der Waals surface area contributed by atoms with Crippen LogP contribution < -0.4 is 10.6 Å². The van der Waals surface area contributed by atoms with Crippen LogP contribution in [0.15, 0.2) is 24.6 Å². The lowest BCUT2D eigenvalue weighted by Gasteiger charge is -2.37. The highest BCUT2D eigenvalue weighted by molar-refractivity contribution is 5.72. The highest BCUT2D eigenvalue weighted by atomic mass is 16.1. The van der Waals surface area contributed by atoms with Crippen LogP contribution in [0, 0.1) is 0 Å². The molecule has 0 spiro atoms. The van der Waals surface area contributed by atoms with Gasteiger partial charge in [-0.2, -0.15) is 0 Å². The number of nitrogens with zero attached hydrogens (tertiary/aromatic N) is 1. The molecule has 1 heterocycles. The summed E-state index contributed by atoms with van der Waals surface area (Å²) in [5.74, 6) is 0.0587. The van der Waals surface area contributed by atoms with Gasteiger partial charge in [0.05, 0.1) is 19.3 Å². The largest absolute Gasteiger partial charge is 0.351 e. The number of amides is 1. The van der Waals surface area contributed by atoms with Gasteiger partial charge in [0.2, 0.25) is 5.91 Å². The van der Waals surface area contributed by atoms with Gasteiger partial charge in [-0.1, -0.05) is 103 Å². The maximum Gasteiger partial charge on any atom is 0.217 e. The van der Waals surface area contributed by atoms with Gasteiger partial charge in [0.15, 0.2) is 6.17 Å². The van der Waals surface area contributed by atoms with E-state index in [0.29, 0.717) is 6.17 Å². The van der Waals surface area contributed by atoms with Gasteiger partial charge in [0.25, 0.3) is 0 Å². The molecule has 0 aromatic carbocycles. The summed E-state index contributed by atoms with van der Waals surface area (Å²) in [4.78, 5) is 11.2. The second kappa shape index (κ2) is 20.1. The van der Waals surface area contributed by atoms with E-state index in [1.54, 1.807) is 6.92 Å². The molecule has 4 nitrogen and oxygen atoms in total. The summed E-state index contributed by atoms with van der Waals surface area (Å²) in [6.45, 7) is 8.86. The first-order valence-electron chi connectivity index (χ1n) is 14.3. The van der Waals surface area contributed by atoms with E-state index in [1.165, 1.54) is 96.3 Å². The average Bonchev–Trinajstić information content (AvgIpc) is 3.21. The van der Waals surface area contributed by atoms with Gasteiger partial charge < -0.3 is 10.6 Å². The van der Waals surface area contributed by atoms with Crippen molar-refractivity contribution in [3.63, 3.8) is 0 Å². The van der Waals surface area contributed by atoms with E-state index in [9.17, 15) is 4.79 Å². The number of carbonyl (C=O) groups excluding carboxylic acids is 1. The molecule has 0 saturated carbocycles. The van der Waals surface area contributed by atoms with Crippen molar-refractivity contribution in [3.8, 4) is 0 Å². The Bertz CT molecular complexity index is 531. The summed E-state index contributed by atoms with van der Waals surface area (Å²) in [7, 11) is 0. The lowest BCUT2D eigenvalue weighted by molar-refractivity contribution is -0.898. The topological polar surface area (TPSA) is 41.1 Å². The Morgan fingerprint density at radius 1 is 0.848 bits per heavy atom. The highest BCUT2D eigenvalue weighted by Gasteiger charge is 2.35. The van der Waals surface area contributed by atoms with Crippen LogP contribution in [0.25, 0.3) is 0 Å². The van der Waals surface area contributed by atoms with Gasteiger partial charge in [0, 0.05) is 13.3 Å². The molecule has 1 rings (SSSR count). The molecule has 192 valence electrons. The monoisotopic (exact) mass is 462 g/mol. The van der Waals surface area contributed by atoms with E-state index in [-0.39, 0.29) is 5.91 Å². The number of likely N-dealkylation sites (N-methyl/N-ethyl adjacent to an activating group) is 1. The molecule has 1 amide bonds. The molecule has 2 atom stereocenters. The number of unbranched alkanes of at least 4 members (excludes halogenated alkanes) is 14. The molecule has 2 N–H and O–H groups in total. The number of hydrogen-bond donors (Lipinski definition) is 2. The van der Waals surface area contributed by atoms with Crippen molar-refractivity contribution < 1.29 is 9.28 Å². The minimum atomic E-state index is 0.0587. The molecular formula is C29H56N3O+. The predicted octanol–water partition coefficient (Wildman–Crippen LogP) is 7.57. The second-order valence-electron chi connectivity index (χ2n) is 10.1. The molecule has 0 aromatic heterocycles. The fourth-order valence-electron chi connectivity index (χ4n) is 5.00. The minimum Gasteiger partial charge on any atom is -0.351 e. The van der Waals surface area contributed by atoms with Gasteiger partial charge in [-0.25, -0.2) is 0 Å². The first-order chi connectivity index (χ1) is 16.1.